The Kier molecular flexibility index (Phi) is 5.46. The zero-order valence-electron chi connectivity index (χ0n) is 15.7. The molecular formula is C18H15F3N4O4S. The van der Waals surface area contributed by atoms with Gasteiger partial charge >= 0.3 is 11.5 Å². The van der Waals surface area contributed by atoms with Gasteiger partial charge in [-0.2, -0.15) is 13.2 Å². The molecule has 1 aliphatic rings. The molecule has 1 fully saturated rings. The first-order valence-electron chi connectivity index (χ1n) is 8.51. The third-order valence-corrected chi connectivity index (χ3v) is 5.33. The number of aromatic nitrogens is 1. The number of carbonyl (C=O) groups excluding carboxylic acids is 2. The number of rotatable bonds is 5. The van der Waals surface area contributed by atoms with Gasteiger partial charge in [-0.25, -0.2) is 9.69 Å². The number of nitro groups is 1. The number of alkyl halides is 3. The Morgan fingerprint density at radius 3 is 2.37 bits per heavy atom. The smallest absolute Gasteiger partial charge is 0.305 e. The van der Waals surface area contributed by atoms with Gasteiger partial charge in [-0.3, -0.25) is 19.9 Å². The second-order valence-electron chi connectivity index (χ2n) is 6.88. The van der Waals surface area contributed by atoms with Crippen molar-refractivity contribution in [2.45, 2.75) is 36.3 Å². The van der Waals surface area contributed by atoms with Gasteiger partial charge in [0.25, 0.3) is 11.6 Å². The van der Waals surface area contributed by atoms with Crippen molar-refractivity contribution in [3.8, 4) is 0 Å². The van der Waals surface area contributed by atoms with Crippen LogP contribution in [0.1, 0.15) is 19.4 Å². The van der Waals surface area contributed by atoms with Gasteiger partial charge in [0.05, 0.1) is 15.5 Å². The van der Waals surface area contributed by atoms with Crippen LogP contribution in [0.25, 0.3) is 0 Å². The summed E-state index contributed by atoms with van der Waals surface area (Å²) >= 11 is -0.636. The van der Waals surface area contributed by atoms with Gasteiger partial charge in [-0.1, -0.05) is 0 Å². The highest BCUT2D eigenvalue weighted by molar-refractivity contribution is 8.00. The van der Waals surface area contributed by atoms with Gasteiger partial charge in [-0.15, -0.1) is 0 Å². The minimum absolute atomic E-state index is 0.0840. The molecule has 0 saturated carbocycles. The van der Waals surface area contributed by atoms with Gasteiger partial charge in [0.1, 0.15) is 5.54 Å². The Morgan fingerprint density at radius 2 is 1.80 bits per heavy atom. The van der Waals surface area contributed by atoms with E-state index in [1.165, 1.54) is 31.1 Å². The lowest BCUT2D eigenvalue weighted by Gasteiger charge is -2.27. The van der Waals surface area contributed by atoms with E-state index in [0.29, 0.717) is 5.56 Å². The summed E-state index contributed by atoms with van der Waals surface area (Å²) in [6, 6.07) is 5.38. The molecule has 0 radical (unpaired) electrons. The van der Waals surface area contributed by atoms with Crippen LogP contribution < -0.4 is 4.90 Å². The number of imide groups is 1. The lowest BCUT2D eigenvalue weighted by molar-refractivity contribution is -0.387. The lowest BCUT2D eigenvalue weighted by atomic mass is 10.0. The maximum Gasteiger partial charge on any atom is 0.446 e. The molecule has 0 N–H and O–H groups in total. The maximum atomic E-state index is 13.0. The number of thioether (sulfide) groups is 1. The summed E-state index contributed by atoms with van der Waals surface area (Å²) in [6.45, 7) is 3.13. The normalized spacial score (nSPS) is 16.3. The average Bonchev–Trinajstić information content (AvgIpc) is 2.81. The average molecular weight is 440 g/mol. The standard InChI is InChI=1S/C18H15F3N4O4S/c1-17(2)15(26)24(16(27)23(17)10-11-5-7-22-8-6-11)12-3-4-14(30-18(19,20)21)13(9-12)25(28)29/h3-9H,10H2,1-2H3. The van der Waals surface area contributed by atoms with E-state index in [-0.39, 0.29) is 12.2 Å². The molecule has 2 heterocycles. The summed E-state index contributed by atoms with van der Waals surface area (Å²) < 4.78 is 38.0. The Balaban J connectivity index is 1.99. The minimum atomic E-state index is -4.73. The van der Waals surface area contributed by atoms with Crippen LogP contribution in [-0.2, 0) is 11.3 Å². The highest BCUT2D eigenvalue weighted by Gasteiger charge is 2.52. The monoisotopic (exact) mass is 440 g/mol. The molecular weight excluding hydrogens is 425 g/mol. The fraction of sp³-hybridized carbons (Fsp3) is 0.278. The van der Waals surface area contributed by atoms with Crippen LogP contribution in [0.4, 0.5) is 29.3 Å². The fourth-order valence-corrected chi connectivity index (χ4v) is 3.62. The van der Waals surface area contributed by atoms with Crippen molar-refractivity contribution in [3.05, 3.63) is 58.4 Å². The third kappa shape index (κ3) is 4.08. The molecule has 12 heteroatoms. The molecule has 0 unspecified atom stereocenters. The van der Waals surface area contributed by atoms with Gasteiger partial charge in [0.15, 0.2) is 0 Å². The summed E-state index contributed by atoms with van der Waals surface area (Å²) in [5.41, 5.74) is -6.30. The Labute approximate surface area is 172 Å². The highest BCUT2D eigenvalue weighted by atomic mass is 32.2. The van der Waals surface area contributed by atoms with Crippen LogP contribution in [0.2, 0.25) is 0 Å². The molecule has 0 spiro atoms. The van der Waals surface area contributed by atoms with Gasteiger partial charge in [-0.05, 0) is 55.4 Å². The van der Waals surface area contributed by atoms with E-state index in [2.05, 4.69) is 4.98 Å². The summed E-state index contributed by atoms with van der Waals surface area (Å²) in [6.07, 6.45) is 3.06. The van der Waals surface area contributed by atoms with E-state index < -0.39 is 50.3 Å². The molecule has 1 aromatic heterocycles. The SMILES string of the molecule is CC1(C)C(=O)N(c2ccc(SC(F)(F)F)c([N+](=O)[O-])c2)C(=O)N1Cc1ccncc1. The quantitative estimate of drug-likeness (QED) is 0.297. The van der Waals surface area contributed by atoms with E-state index in [1.807, 2.05) is 0 Å². The molecule has 2 aromatic rings. The van der Waals surface area contributed by atoms with E-state index in [0.717, 1.165) is 23.1 Å². The molecule has 0 bridgehead atoms. The number of amides is 3. The molecule has 30 heavy (non-hydrogen) atoms. The topological polar surface area (TPSA) is 96.7 Å². The van der Waals surface area contributed by atoms with Crippen LogP contribution in [-0.4, -0.2) is 37.8 Å². The number of pyridine rings is 1. The molecule has 3 amide bonds. The summed E-state index contributed by atoms with van der Waals surface area (Å²) in [5.74, 6) is -0.646. The van der Waals surface area contributed by atoms with Crippen LogP contribution in [0.3, 0.4) is 0 Å². The molecule has 1 aromatic carbocycles. The van der Waals surface area contributed by atoms with Crippen molar-refractivity contribution in [2.75, 3.05) is 4.90 Å². The fourth-order valence-electron chi connectivity index (χ4n) is 3.00. The Bertz CT molecular complexity index is 1010. The predicted molar refractivity (Wildman–Crippen MR) is 102 cm³/mol. The number of nitro benzene ring substituents is 1. The van der Waals surface area contributed by atoms with Gasteiger partial charge in [0.2, 0.25) is 0 Å². The largest absolute Gasteiger partial charge is 0.446 e. The molecule has 158 valence electrons. The summed E-state index contributed by atoms with van der Waals surface area (Å²) in [7, 11) is 0. The van der Waals surface area contributed by atoms with Crippen molar-refractivity contribution >= 4 is 35.1 Å². The molecule has 8 nitrogen and oxygen atoms in total. The third-order valence-electron chi connectivity index (χ3n) is 4.54. The first-order chi connectivity index (χ1) is 13.9. The zero-order chi connectivity index (χ0) is 22.3. The van der Waals surface area contributed by atoms with Crippen LogP contribution in [0, 0.1) is 10.1 Å². The van der Waals surface area contributed by atoms with Crippen molar-refractivity contribution < 1.29 is 27.7 Å². The second kappa shape index (κ2) is 7.59. The molecule has 1 saturated heterocycles. The van der Waals surface area contributed by atoms with E-state index >= 15 is 0 Å². The van der Waals surface area contributed by atoms with Crippen molar-refractivity contribution in [3.63, 3.8) is 0 Å². The summed E-state index contributed by atoms with van der Waals surface area (Å²) in [5, 5.41) is 11.3. The number of hydrogen-bond acceptors (Lipinski definition) is 6. The number of urea groups is 1. The number of nitrogens with zero attached hydrogens (tertiary/aromatic N) is 4. The van der Waals surface area contributed by atoms with Crippen LogP contribution in [0.15, 0.2) is 47.6 Å². The number of anilines is 1. The van der Waals surface area contributed by atoms with Crippen molar-refractivity contribution in [1.82, 2.24) is 9.88 Å². The lowest BCUT2D eigenvalue weighted by Crippen LogP contribution is -2.43. The first-order valence-corrected chi connectivity index (χ1v) is 9.32. The Hall–Kier alpha value is -3.15. The molecule has 1 aliphatic heterocycles. The number of carbonyl (C=O) groups is 2. The molecule has 0 atom stereocenters. The molecule has 3 rings (SSSR count). The molecule has 0 aliphatic carbocycles. The van der Waals surface area contributed by atoms with Crippen LogP contribution >= 0.6 is 11.8 Å². The highest BCUT2D eigenvalue weighted by Crippen LogP contribution is 2.43. The summed E-state index contributed by atoms with van der Waals surface area (Å²) in [4.78, 5) is 41.5. The maximum absolute atomic E-state index is 13.0. The van der Waals surface area contributed by atoms with Gasteiger partial charge < -0.3 is 4.90 Å². The van der Waals surface area contributed by atoms with Crippen LogP contribution in [0.5, 0.6) is 0 Å². The zero-order valence-corrected chi connectivity index (χ0v) is 16.5. The van der Waals surface area contributed by atoms with E-state index in [1.54, 1.807) is 12.1 Å². The van der Waals surface area contributed by atoms with E-state index in [4.69, 9.17) is 0 Å². The minimum Gasteiger partial charge on any atom is -0.305 e. The van der Waals surface area contributed by atoms with Crippen molar-refractivity contribution in [1.29, 1.82) is 0 Å². The predicted octanol–water partition coefficient (Wildman–Crippen LogP) is 4.35. The number of halogens is 3. The second-order valence-corrected chi connectivity index (χ2v) is 7.99. The van der Waals surface area contributed by atoms with E-state index in [9.17, 15) is 32.9 Å². The number of hydrogen-bond donors (Lipinski definition) is 0. The first kappa shape index (κ1) is 21.6. The number of benzene rings is 1. The van der Waals surface area contributed by atoms with Gasteiger partial charge in [0, 0.05) is 25.0 Å². The van der Waals surface area contributed by atoms with Crippen molar-refractivity contribution in [2.24, 2.45) is 0 Å². The Morgan fingerprint density at radius 1 is 1.17 bits per heavy atom.